The topological polar surface area (TPSA) is 105 Å². The van der Waals surface area contributed by atoms with Gasteiger partial charge in [-0.25, -0.2) is 4.79 Å². The highest BCUT2D eigenvalue weighted by molar-refractivity contribution is 6.00. The first kappa shape index (κ1) is 42.3. The molecule has 7 fully saturated rings. The van der Waals surface area contributed by atoms with Gasteiger partial charge in [0.05, 0.1) is 11.0 Å². The number of esters is 2. The molecule has 1 aromatic carbocycles. The molecule has 68 heavy (non-hydrogen) atoms. The average Bonchev–Trinajstić information content (AvgIpc) is 4.15. The highest BCUT2D eigenvalue weighted by atomic mass is 16.6. The summed E-state index contributed by atoms with van der Waals surface area (Å²) in [6.07, 6.45) is 31.0. The predicted octanol–water partition coefficient (Wildman–Crippen LogP) is 11.2. The quantitative estimate of drug-likeness (QED) is 0.222. The third kappa shape index (κ3) is 5.21. The third-order valence-electron chi connectivity index (χ3n) is 23.6. The largest absolute Gasteiger partial charge is 0.509 e. The Labute approximate surface area is 405 Å². The number of benzene rings is 1. The molecule has 15 unspecified atom stereocenters. The number of aliphatic hydroxyl groups is 1. The standard InChI is InChI=1S/C60H77N3O5/c1-34-25-40-17-18-46-42-26-35-31-62(33-42)47(41-12-7-22-57(30-41)20-4-5-21-57)29-48(64)54-58-23-19-43-51(53(40)63(46)32-35)44(34)27-39-16-15-38(36-9-2-3-10-36)28-49(59(58,52(39)43)56(66)67-54)60(58)45-14-6-11-37(13-8-24-61)50(45)55(65)68-60/h6,11,14-16,34-36,38-39,41-42,44,46-47,49,51,64H,2-5,7-10,12-13,17-33,61H2,1H3. The summed E-state index contributed by atoms with van der Waals surface area (Å²) in [5.41, 5.74) is 12.3. The van der Waals surface area contributed by atoms with Gasteiger partial charge in [-0.1, -0.05) is 80.5 Å². The molecule has 0 amide bonds. The molecule has 12 bridgehead atoms. The van der Waals surface area contributed by atoms with Gasteiger partial charge in [0.15, 0.2) is 11.4 Å². The molecule has 18 rings (SSSR count). The number of carbonyl (C=O) groups is 2. The molecule has 0 aromatic heterocycles. The normalized spacial score (nSPS) is 45.8. The van der Waals surface area contributed by atoms with Crippen LogP contribution in [0.5, 0.6) is 0 Å². The average molecular weight is 920 g/mol. The molecule has 0 radical (unpaired) electrons. The van der Waals surface area contributed by atoms with Crippen molar-refractivity contribution in [2.75, 3.05) is 26.2 Å². The molecule has 8 heteroatoms. The minimum Gasteiger partial charge on any atom is -0.509 e. The fourth-order valence-electron chi connectivity index (χ4n) is 21.4. The van der Waals surface area contributed by atoms with Crippen molar-refractivity contribution >= 4 is 11.9 Å². The molecular formula is C60H77N3O5. The maximum absolute atomic E-state index is 16.4. The number of hydrogen-bond donors (Lipinski definition) is 2. The highest BCUT2D eigenvalue weighted by Crippen LogP contribution is 2.88. The van der Waals surface area contributed by atoms with Crippen LogP contribution in [0.4, 0.5) is 0 Å². The minimum atomic E-state index is -1.13. The Bertz CT molecular complexity index is 2490. The first-order chi connectivity index (χ1) is 33.2. The lowest BCUT2D eigenvalue weighted by Crippen LogP contribution is -2.78. The third-order valence-corrected chi connectivity index (χ3v) is 23.6. The summed E-state index contributed by atoms with van der Waals surface area (Å²) >= 11 is 0. The van der Waals surface area contributed by atoms with Crippen LogP contribution in [0.25, 0.3) is 0 Å². The zero-order valence-corrected chi connectivity index (χ0v) is 41.0. The Morgan fingerprint density at radius 1 is 0.853 bits per heavy atom. The maximum Gasteiger partial charge on any atom is 0.339 e. The van der Waals surface area contributed by atoms with E-state index in [1.165, 1.54) is 108 Å². The van der Waals surface area contributed by atoms with Gasteiger partial charge in [-0.15, -0.1) is 0 Å². The number of fused-ring (bicyclic) bond motifs is 3. The molecule has 4 saturated carbocycles. The van der Waals surface area contributed by atoms with Crippen LogP contribution in [0.1, 0.15) is 170 Å². The predicted molar refractivity (Wildman–Crippen MR) is 261 cm³/mol. The number of aliphatic hydroxyl groups excluding tert-OH is 1. The first-order valence-electron chi connectivity index (χ1n) is 28.5. The van der Waals surface area contributed by atoms with E-state index in [-0.39, 0.29) is 41.5 Å². The Kier molecular flexibility index (Phi) is 9.25. The van der Waals surface area contributed by atoms with Gasteiger partial charge in [-0.2, -0.15) is 0 Å². The molecule has 8 aliphatic carbocycles. The summed E-state index contributed by atoms with van der Waals surface area (Å²) in [6, 6.07) is 7.17. The molecular weight excluding hydrogens is 843 g/mol. The van der Waals surface area contributed by atoms with Crippen LogP contribution in [0.15, 0.2) is 64.3 Å². The van der Waals surface area contributed by atoms with Gasteiger partial charge < -0.3 is 25.2 Å². The number of carbonyl (C=O) groups excluding carboxylic acids is 2. The number of rotatable bonds is 5. The molecule has 1 aromatic rings. The van der Waals surface area contributed by atoms with Crippen LogP contribution >= 0.6 is 0 Å². The number of nitrogens with two attached hydrogens (primary N) is 1. The number of hydrogen-bond acceptors (Lipinski definition) is 8. The molecule has 8 nitrogen and oxygen atoms in total. The van der Waals surface area contributed by atoms with E-state index in [0.29, 0.717) is 90.0 Å². The number of ether oxygens (including phenoxy) is 2. The van der Waals surface area contributed by atoms with Crippen molar-refractivity contribution in [3.63, 3.8) is 0 Å². The number of nitrogens with zero attached hydrogens (tertiary/aromatic N) is 2. The second kappa shape index (κ2) is 14.9. The molecule has 9 heterocycles. The van der Waals surface area contributed by atoms with Crippen molar-refractivity contribution in [1.82, 2.24) is 9.80 Å². The van der Waals surface area contributed by atoms with Gasteiger partial charge in [0.1, 0.15) is 11.2 Å². The van der Waals surface area contributed by atoms with E-state index in [1.54, 1.807) is 16.8 Å². The monoisotopic (exact) mass is 920 g/mol. The van der Waals surface area contributed by atoms with E-state index >= 15 is 9.59 Å². The fraction of sp³-hybridized carbons (Fsp3) is 0.733. The van der Waals surface area contributed by atoms with Crippen molar-refractivity contribution < 1.29 is 24.2 Å². The van der Waals surface area contributed by atoms with Gasteiger partial charge in [-0.3, -0.25) is 9.69 Å². The lowest BCUT2D eigenvalue weighted by molar-refractivity contribution is -0.282. The van der Waals surface area contributed by atoms with Gasteiger partial charge in [0.2, 0.25) is 0 Å². The summed E-state index contributed by atoms with van der Waals surface area (Å²) in [5, 5.41) is 13.7. The number of allylic oxidation sites excluding steroid dienone is 4. The van der Waals surface area contributed by atoms with E-state index < -0.39 is 16.4 Å². The van der Waals surface area contributed by atoms with E-state index in [9.17, 15) is 5.11 Å². The van der Waals surface area contributed by atoms with Crippen molar-refractivity contribution in [3.8, 4) is 0 Å². The van der Waals surface area contributed by atoms with Gasteiger partial charge in [-0.05, 0) is 180 Å². The second-order valence-electron chi connectivity index (χ2n) is 26.1. The zero-order chi connectivity index (χ0) is 45.5. The fourth-order valence-corrected chi connectivity index (χ4v) is 21.4. The summed E-state index contributed by atoms with van der Waals surface area (Å²) in [5.74, 6) is 4.14. The minimum absolute atomic E-state index is 0.113. The first-order valence-corrected chi connectivity index (χ1v) is 28.5. The van der Waals surface area contributed by atoms with Crippen molar-refractivity contribution in [2.24, 2.45) is 81.2 Å². The second-order valence-corrected chi connectivity index (χ2v) is 26.1. The van der Waals surface area contributed by atoms with Crippen LogP contribution in [0.2, 0.25) is 0 Å². The summed E-state index contributed by atoms with van der Waals surface area (Å²) < 4.78 is 14.6. The number of aryl methyl sites for hydroxylation is 1. The lowest BCUT2D eigenvalue weighted by Gasteiger charge is -2.73. The summed E-state index contributed by atoms with van der Waals surface area (Å²) in [7, 11) is 0. The molecule has 4 spiro atoms. The Morgan fingerprint density at radius 3 is 2.54 bits per heavy atom. The van der Waals surface area contributed by atoms with E-state index in [1.807, 2.05) is 0 Å². The van der Waals surface area contributed by atoms with Crippen LogP contribution in [0, 0.1) is 75.4 Å². The van der Waals surface area contributed by atoms with Crippen LogP contribution in [-0.4, -0.2) is 65.1 Å². The smallest absolute Gasteiger partial charge is 0.339 e. The number of piperidine rings is 2. The molecule has 15 atom stereocenters. The van der Waals surface area contributed by atoms with Crippen LogP contribution in [-0.2, 0) is 26.3 Å². The van der Waals surface area contributed by atoms with E-state index in [0.717, 1.165) is 56.4 Å². The molecule has 3 N–H and O–H groups in total. The van der Waals surface area contributed by atoms with Gasteiger partial charge in [0, 0.05) is 61.2 Å². The van der Waals surface area contributed by atoms with Gasteiger partial charge in [0.25, 0.3) is 0 Å². The Hall–Kier alpha value is -3.36. The highest BCUT2D eigenvalue weighted by Gasteiger charge is 2.94. The van der Waals surface area contributed by atoms with Crippen molar-refractivity contribution in [2.45, 2.75) is 172 Å². The maximum atomic E-state index is 16.4. The van der Waals surface area contributed by atoms with Crippen LogP contribution in [0.3, 0.4) is 0 Å². The molecule has 9 aliphatic heterocycles. The van der Waals surface area contributed by atoms with E-state index in [4.69, 9.17) is 15.2 Å². The van der Waals surface area contributed by atoms with Crippen molar-refractivity contribution in [1.29, 1.82) is 0 Å². The molecule has 362 valence electrons. The molecule has 3 saturated heterocycles. The molecule has 17 aliphatic rings. The Morgan fingerprint density at radius 2 is 1.69 bits per heavy atom. The van der Waals surface area contributed by atoms with Gasteiger partial charge >= 0.3 is 11.9 Å². The van der Waals surface area contributed by atoms with E-state index in [2.05, 4.69) is 47.1 Å². The summed E-state index contributed by atoms with van der Waals surface area (Å²) in [4.78, 5) is 37.5. The zero-order valence-electron chi connectivity index (χ0n) is 41.0. The Balaban J connectivity index is 1.01. The lowest BCUT2D eigenvalue weighted by atomic mass is 9.27. The summed E-state index contributed by atoms with van der Waals surface area (Å²) in [6.45, 7) is 6.45. The van der Waals surface area contributed by atoms with Crippen molar-refractivity contribution in [3.05, 3.63) is 81.0 Å². The SMILES string of the molecule is CC1CC2=C3C4C5=C6C(C=CC(C7CCCC7)CC7C68C(=O)OC(=C(O)CC(C6CCCC9(CCCC9)C6)N6CC9CC(C6)C(CC2)N3C9)C8(CC5)C72OC(=O)c3c(CCCN)cccc32)CC14. The van der Waals surface area contributed by atoms with Crippen LogP contribution < -0.4 is 5.73 Å².